The predicted molar refractivity (Wildman–Crippen MR) is 51.3 cm³/mol. The second kappa shape index (κ2) is 3.97. The highest BCUT2D eigenvalue weighted by Gasteiger charge is 2.37. The van der Waals surface area contributed by atoms with Crippen LogP contribution in [-0.4, -0.2) is 22.4 Å². The van der Waals surface area contributed by atoms with Crippen LogP contribution in [0.25, 0.3) is 0 Å². The maximum atomic E-state index is 9.84. The first-order valence-electron chi connectivity index (χ1n) is 5.65. The summed E-state index contributed by atoms with van der Waals surface area (Å²) in [5.74, 6) is 0.793. The van der Waals surface area contributed by atoms with Crippen molar-refractivity contribution in [1.29, 1.82) is 0 Å². The maximum Gasteiger partial charge on any atom is 0.0572 e. The Hall–Kier alpha value is -0.0800. The molecule has 0 spiro atoms. The molecule has 2 heteroatoms. The summed E-state index contributed by atoms with van der Waals surface area (Å²) in [6.45, 7) is 0. The molecule has 2 aliphatic rings. The first kappa shape index (κ1) is 9.47. The Labute approximate surface area is 80.0 Å². The SMILES string of the molecule is OC1CCCCC1C1CCCC1O. The summed E-state index contributed by atoms with van der Waals surface area (Å²) in [6.07, 6.45) is 7.46. The zero-order valence-corrected chi connectivity index (χ0v) is 8.15. The number of hydrogen-bond donors (Lipinski definition) is 2. The average Bonchev–Trinajstić information content (AvgIpc) is 2.52. The minimum absolute atomic E-state index is 0.127. The van der Waals surface area contributed by atoms with E-state index in [4.69, 9.17) is 0 Å². The minimum Gasteiger partial charge on any atom is -0.393 e. The van der Waals surface area contributed by atoms with Gasteiger partial charge in [0.1, 0.15) is 0 Å². The molecule has 13 heavy (non-hydrogen) atoms. The highest BCUT2D eigenvalue weighted by atomic mass is 16.3. The fraction of sp³-hybridized carbons (Fsp3) is 1.00. The van der Waals surface area contributed by atoms with Gasteiger partial charge >= 0.3 is 0 Å². The fourth-order valence-corrected chi connectivity index (χ4v) is 3.11. The summed E-state index contributed by atoms with van der Waals surface area (Å²) in [6, 6.07) is 0. The molecule has 0 amide bonds. The van der Waals surface area contributed by atoms with Crippen LogP contribution in [0.4, 0.5) is 0 Å². The van der Waals surface area contributed by atoms with Gasteiger partial charge in [-0.15, -0.1) is 0 Å². The lowest BCUT2D eigenvalue weighted by atomic mass is 9.76. The number of aliphatic hydroxyl groups excluding tert-OH is 2. The molecule has 0 aliphatic heterocycles. The van der Waals surface area contributed by atoms with Gasteiger partial charge in [0, 0.05) is 0 Å². The highest BCUT2D eigenvalue weighted by Crippen LogP contribution is 2.39. The molecular weight excluding hydrogens is 164 g/mol. The van der Waals surface area contributed by atoms with E-state index in [0.717, 1.165) is 32.1 Å². The smallest absolute Gasteiger partial charge is 0.0572 e. The maximum absolute atomic E-state index is 9.84. The third-order valence-corrected chi connectivity index (χ3v) is 3.86. The molecule has 2 saturated carbocycles. The van der Waals surface area contributed by atoms with Crippen molar-refractivity contribution in [2.75, 3.05) is 0 Å². The molecule has 0 radical (unpaired) electrons. The molecule has 2 fully saturated rings. The Bertz CT molecular complexity index is 169. The van der Waals surface area contributed by atoms with E-state index in [1.165, 1.54) is 12.8 Å². The normalized spacial score (nSPS) is 46.6. The van der Waals surface area contributed by atoms with Gasteiger partial charge in [-0.05, 0) is 37.5 Å². The van der Waals surface area contributed by atoms with Crippen molar-refractivity contribution in [3.05, 3.63) is 0 Å². The van der Waals surface area contributed by atoms with Gasteiger partial charge in [-0.25, -0.2) is 0 Å². The van der Waals surface area contributed by atoms with Crippen molar-refractivity contribution in [1.82, 2.24) is 0 Å². The standard InChI is InChI=1S/C11H20O2/c12-10-6-2-1-4-8(10)9-5-3-7-11(9)13/h8-13H,1-7H2. The molecule has 0 aromatic heterocycles. The summed E-state index contributed by atoms with van der Waals surface area (Å²) in [5, 5.41) is 19.6. The Morgan fingerprint density at radius 1 is 0.615 bits per heavy atom. The summed E-state index contributed by atoms with van der Waals surface area (Å²) in [7, 11) is 0. The topological polar surface area (TPSA) is 40.5 Å². The van der Waals surface area contributed by atoms with E-state index in [1.807, 2.05) is 0 Å². The van der Waals surface area contributed by atoms with Crippen molar-refractivity contribution < 1.29 is 10.2 Å². The van der Waals surface area contributed by atoms with Crippen molar-refractivity contribution in [2.24, 2.45) is 11.8 Å². The zero-order chi connectivity index (χ0) is 9.26. The lowest BCUT2D eigenvalue weighted by Gasteiger charge is -2.33. The van der Waals surface area contributed by atoms with Crippen LogP contribution in [0.15, 0.2) is 0 Å². The molecule has 4 atom stereocenters. The number of rotatable bonds is 1. The van der Waals surface area contributed by atoms with Gasteiger partial charge < -0.3 is 10.2 Å². The Morgan fingerprint density at radius 3 is 1.54 bits per heavy atom. The van der Waals surface area contributed by atoms with E-state index in [-0.39, 0.29) is 12.2 Å². The first-order valence-corrected chi connectivity index (χ1v) is 5.65. The van der Waals surface area contributed by atoms with E-state index < -0.39 is 0 Å². The van der Waals surface area contributed by atoms with Gasteiger partial charge in [-0.2, -0.15) is 0 Å². The minimum atomic E-state index is -0.133. The molecular formula is C11H20O2. The lowest BCUT2D eigenvalue weighted by Crippen LogP contribution is -2.34. The number of hydrogen-bond acceptors (Lipinski definition) is 2. The molecule has 2 N–H and O–H groups in total. The molecule has 76 valence electrons. The molecule has 0 saturated heterocycles. The quantitative estimate of drug-likeness (QED) is 0.651. The second-order valence-corrected chi connectivity index (χ2v) is 4.68. The molecule has 2 nitrogen and oxygen atoms in total. The van der Waals surface area contributed by atoms with E-state index in [0.29, 0.717) is 11.8 Å². The average molecular weight is 184 g/mol. The molecule has 0 aromatic rings. The Morgan fingerprint density at radius 2 is 1.08 bits per heavy atom. The largest absolute Gasteiger partial charge is 0.393 e. The third kappa shape index (κ3) is 1.89. The van der Waals surface area contributed by atoms with Gasteiger partial charge in [0.15, 0.2) is 0 Å². The van der Waals surface area contributed by atoms with Crippen molar-refractivity contribution in [3.8, 4) is 0 Å². The van der Waals surface area contributed by atoms with Gasteiger partial charge in [-0.3, -0.25) is 0 Å². The summed E-state index contributed by atoms with van der Waals surface area (Å²) >= 11 is 0. The second-order valence-electron chi connectivity index (χ2n) is 4.68. The van der Waals surface area contributed by atoms with Crippen LogP contribution < -0.4 is 0 Å². The molecule has 0 heterocycles. The van der Waals surface area contributed by atoms with Gasteiger partial charge in [0.05, 0.1) is 12.2 Å². The van der Waals surface area contributed by atoms with Crippen molar-refractivity contribution in [3.63, 3.8) is 0 Å². The van der Waals surface area contributed by atoms with E-state index in [1.54, 1.807) is 0 Å². The van der Waals surface area contributed by atoms with Crippen LogP contribution in [0, 0.1) is 11.8 Å². The van der Waals surface area contributed by atoms with Crippen molar-refractivity contribution in [2.45, 2.75) is 57.2 Å². The monoisotopic (exact) mass is 184 g/mol. The Balaban J connectivity index is 1.97. The Kier molecular flexibility index (Phi) is 2.89. The van der Waals surface area contributed by atoms with Crippen molar-refractivity contribution >= 4 is 0 Å². The lowest BCUT2D eigenvalue weighted by molar-refractivity contribution is -0.00164. The summed E-state index contributed by atoms with van der Waals surface area (Å²) < 4.78 is 0. The molecule has 0 aromatic carbocycles. The first-order chi connectivity index (χ1) is 6.29. The van der Waals surface area contributed by atoms with Crippen LogP contribution in [0.5, 0.6) is 0 Å². The van der Waals surface area contributed by atoms with E-state index in [9.17, 15) is 10.2 Å². The van der Waals surface area contributed by atoms with Crippen LogP contribution in [-0.2, 0) is 0 Å². The highest BCUT2D eigenvalue weighted by molar-refractivity contribution is 4.87. The number of aliphatic hydroxyl groups is 2. The third-order valence-electron chi connectivity index (χ3n) is 3.86. The van der Waals surface area contributed by atoms with Crippen LogP contribution in [0.1, 0.15) is 44.9 Å². The van der Waals surface area contributed by atoms with Gasteiger partial charge in [-0.1, -0.05) is 19.3 Å². The molecule has 4 unspecified atom stereocenters. The van der Waals surface area contributed by atoms with Crippen LogP contribution >= 0.6 is 0 Å². The van der Waals surface area contributed by atoms with Crippen LogP contribution in [0.3, 0.4) is 0 Å². The molecule has 0 bridgehead atoms. The van der Waals surface area contributed by atoms with E-state index >= 15 is 0 Å². The van der Waals surface area contributed by atoms with Gasteiger partial charge in [0.25, 0.3) is 0 Å². The molecule has 2 aliphatic carbocycles. The van der Waals surface area contributed by atoms with E-state index in [2.05, 4.69) is 0 Å². The zero-order valence-electron chi connectivity index (χ0n) is 8.15. The summed E-state index contributed by atoms with van der Waals surface area (Å²) in [5.41, 5.74) is 0. The molecule has 2 rings (SSSR count). The predicted octanol–water partition coefficient (Wildman–Crippen LogP) is 1.70. The van der Waals surface area contributed by atoms with Gasteiger partial charge in [0.2, 0.25) is 0 Å². The van der Waals surface area contributed by atoms with Crippen LogP contribution in [0.2, 0.25) is 0 Å². The fourth-order valence-electron chi connectivity index (χ4n) is 3.11. The summed E-state index contributed by atoms with van der Waals surface area (Å²) in [4.78, 5) is 0.